The van der Waals surface area contributed by atoms with Gasteiger partial charge in [-0.1, -0.05) is 18.2 Å². The van der Waals surface area contributed by atoms with Gasteiger partial charge in [0.1, 0.15) is 18.0 Å². The first-order valence-electron chi connectivity index (χ1n) is 9.43. The van der Waals surface area contributed by atoms with Crippen LogP contribution in [0.1, 0.15) is 12.5 Å². The second kappa shape index (κ2) is 9.13. The smallest absolute Gasteiger partial charge is 0.321 e. The Morgan fingerprint density at radius 3 is 2.53 bits per heavy atom. The normalized spacial score (nSPS) is 10.5. The fourth-order valence-corrected chi connectivity index (χ4v) is 3.02. The van der Waals surface area contributed by atoms with Crippen LogP contribution in [-0.2, 0) is 11.3 Å². The molecule has 156 valence electrons. The molecule has 0 atom stereocenters. The molecular formula is C22H23N3O5. The number of rotatable bonds is 7. The van der Waals surface area contributed by atoms with Gasteiger partial charge < -0.3 is 14.8 Å². The number of ether oxygens (including phenoxy) is 2. The van der Waals surface area contributed by atoms with E-state index in [9.17, 15) is 14.4 Å². The molecule has 0 radical (unpaired) electrons. The summed E-state index contributed by atoms with van der Waals surface area (Å²) in [6, 6.07) is 12.3. The van der Waals surface area contributed by atoms with Gasteiger partial charge in [-0.3, -0.25) is 23.5 Å². The van der Waals surface area contributed by atoms with E-state index in [1.54, 1.807) is 36.4 Å². The number of carbonyl (C=O) groups is 1. The quantitative estimate of drug-likeness (QED) is 0.605. The van der Waals surface area contributed by atoms with Crippen molar-refractivity contribution in [1.29, 1.82) is 0 Å². The van der Waals surface area contributed by atoms with Crippen LogP contribution in [0, 0.1) is 6.92 Å². The van der Waals surface area contributed by atoms with E-state index in [0.29, 0.717) is 29.5 Å². The molecule has 8 nitrogen and oxygen atoms in total. The Labute approximate surface area is 173 Å². The molecular weight excluding hydrogens is 386 g/mol. The predicted molar refractivity (Wildman–Crippen MR) is 114 cm³/mol. The van der Waals surface area contributed by atoms with Gasteiger partial charge in [0.25, 0.3) is 0 Å². The summed E-state index contributed by atoms with van der Waals surface area (Å²) in [5, 5.41) is 2.72. The van der Waals surface area contributed by atoms with Crippen molar-refractivity contribution in [3.05, 3.63) is 81.1 Å². The molecule has 3 aromatic rings. The number of nitrogens with zero attached hydrogens (tertiary/aromatic N) is 2. The topological polar surface area (TPSA) is 91.6 Å². The van der Waals surface area contributed by atoms with E-state index in [2.05, 4.69) is 5.32 Å². The minimum Gasteiger partial charge on any atom is -0.495 e. The van der Waals surface area contributed by atoms with Crippen LogP contribution < -0.4 is 25.9 Å². The van der Waals surface area contributed by atoms with E-state index in [1.165, 1.54) is 24.1 Å². The summed E-state index contributed by atoms with van der Waals surface area (Å²) in [7, 11) is 1.50. The Balaban J connectivity index is 1.87. The molecule has 0 aliphatic rings. The highest BCUT2D eigenvalue weighted by Crippen LogP contribution is 2.25. The third-order valence-corrected chi connectivity index (χ3v) is 4.43. The van der Waals surface area contributed by atoms with Crippen LogP contribution in [0.15, 0.2) is 64.4 Å². The van der Waals surface area contributed by atoms with Gasteiger partial charge in [-0.25, -0.2) is 0 Å². The van der Waals surface area contributed by atoms with Crippen molar-refractivity contribution in [2.75, 3.05) is 19.0 Å². The van der Waals surface area contributed by atoms with Gasteiger partial charge in [-0.2, -0.15) is 0 Å². The first kappa shape index (κ1) is 20.9. The molecule has 8 heteroatoms. The van der Waals surface area contributed by atoms with E-state index in [-0.39, 0.29) is 6.54 Å². The summed E-state index contributed by atoms with van der Waals surface area (Å²) in [6.07, 6.45) is 2.85. The van der Waals surface area contributed by atoms with Gasteiger partial charge in [0.05, 0.1) is 25.1 Å². The Hall–Kier alpha value is -3.81. The van der Waals surface area contributed by atoms with E-state index < -0.39 is 17.0 Å². The molecule has 1 aromatic heterocycles. The first-order chi connectivity index (χ1) is 14.4. The molecule has 2 aromatic carbocycles. The molecule has 1 heterocycles. The van der Waals surface area contributed by atoms with Crippen LogP contribution in [0.5, 0.6) is 11.5 Å². The Kier molecular flexibility index (Phi) is 6.36. The molecule has 0 saturated heterocycles. The molecule has 0 fully saturated rings. The highest BCUT2D eigenvalue weighted by Gasteiger charge is 2.14. The Morgan fingerprint density at radius 1 is 1.03 bits per heavy atom. The van der Waals surface area contributed by atoms with Crippen molar-refractivity contribution in [2.24, 2.45) is 0 Å². The third-order valence-electron chi connectivity index (χ3n) is 4.43. The van der Waals surface area contributed by atoms with Gasteiger partial charge in [-0.15, -0.1) is 0 Å². The highest BCUT2D eigenvalue weighted by molar-refractivity contribution is 5.92. The second-order valence-electron chi connectivity index (χ2n) is 6.56. The number of nitrogens with one attached hydrogen (secondary N) is 1. The monoisotopic (exact) mass is 409 g/mol. The van der Waals surface area contributed by atoms with Crippen LogP contribution >= 0.6 is 0 Å². The fourth-order valence-electron chi connectivity index (χ4n) is 3.02. The zero-order chi connectivity index (χ0) is 21.7. The second-order valence-corrected chi connectivity index (χ2v) is 6.56. The minimum atomic E-state index is -0.810. The van der Waals surface area contributed by atoms with Crippen molar-refractivity contribution >= 4 is 11.6 Å². The van der Waals surface area contributed by atoms with Crippen molar-refractivity contribution in [3.8, 4) is 17.2 Å². The Morgan fingerprint density at radius 2 is 1.80 bits per heavy atom. The molecule has 1 amide bonds. The zero-order valence-corrected chi connectivity index (χ0v) is 17.0. The number of hydrogen-bond acceptors (Lipinski definition) is 5. The van der Waals surface area contributed by atoms with E-state index in [0.717, 1.165) is 10.1 Å². The largest absolute Gasteiger partial charge is 0.495 e. The number of amides is 1. The van der Waals surface area contributed by atoms with Crippen LogP contribution in [-0.4, -0.2) is 28.8 Å². The summed E-state index contributed by atoms with van der Waals surface area (Å²) >= 11 is 0. The van der Waals surface area contributed by atoms with Gasteiger partial charge in [0.15, 0.2) is 0 Å². The zero-order valence-electron chi connectivity index (χ0n) is 17.0. The first-order valence-corrected chi connectivity index (χ1v) is 9.43. The van der Waals surface area contributed by atoms with E-state index in [1.807, 2.05) is 19.9 Å². The molecule has 0 aliphatic carbocycles. The molecule has 0 unspecified atom stereocenters. The number of carbonyl (C=O) groups excluding carboxylic acids is 1. The average molecular weight is 409 g/mol. The summed E-state index contributed by atoms with van der Waals surface area (Å²) in [6.45, 7) is 3.84. The van der Waals surface area contributed by atoms with Crippen LogP contribution in [0.3, 0.4) is 0 Å². The van der Waals surface area contributed by atoms with Gasteiger partial charge in [0.2, 0.25) is 5.91 Å². The number of benzene rings is 2. The van der Waals surface area contributed by atoms with Crippen molar-refractivity contribution in [1.82, 2.24) is 9.13 Å². The van der Waals surface area contributed by atoms with Crippen molar-refractivity contribution in [3.63, 3.8) is 0 Å². The number of aryl methyl sites for hydroxylation is 1. The molecule has 1 N–H and O–H groups in total. The summed E-state index contributed by atoms with van der Waals surface area (Å²) < 4.78 is 13.1. The lowest BCUT2D eigenvalue weighted by atomic mass is 10.2. The number of anilines is 1. The summed E-state index contributed by atoms with van der Waals surface area (Å²) in [4.78, 5) is 37.7. The minimum absolute atomic E-state index is 0.306. The molecule has 0 bridgehead atoms. The summed E-state index contributed by atoms with van der Waals surface area (Å²) in [5.74, 6) is 0.542. The highest BCUT2D eigenvalue weighted by atomic mass is 16.5. The van der Waals surface area contributed by atoms with Gasteiger partial charge >= 0.3 is 11.1 Å². The molecule has 3 rings (SSSR count). The van der Waals surface area contributed by atoms with Crippen molar-refractivity contribution in [2.45, 2.75) is 20.4 Å². The Bertz CT molecular complexity index is 1180. The maximum absolute atomic E-state index is 12.7. The lowest BCUT2D eigenvalue weighted by Crippen LogP contribution is -2.41. The molecule has 0 aliphatic heterocycles. The predicted octanol–water partition coefficient (Wildman–Crippen LogP) is 2.35. The maximum Gasteiger partial charge on any atom is 0.321 e. The van der Waals surface area contributed by atoms with Gasteiger partial charge in [-0.05, 0) is 43.7 Å². The third kappa shape index (κ3) is 4.43. The van der Waals surface area contributed by atoms with Gasteiger partial charge in [0, 0.05) is 12.4 Å². The lowest BCUT2D eigenvalue weighted by Gasteiger charge is -2.14. The molecule has 30 heavy (non-hydrogen) atoms. The number of aromatic nitrogens is 2. The van der Waals surface area contributed by atoms with Crippen LogP contribution in [0.25, 0.3) is 5.69 Å². The average Bonchev–Trinajstić information content (AvgIpc) is 2.73. The fraction of sp³-hybridized carbons (Fsp3) is 0.227. The summed E-state index contributed by atoms with van der Waals surface area (Å²) in [5.41, 5.74) is 0.316. The van der Waals surface area contributed by atoms with E-state index >= 15 is 0 Å². The van der Waals surface area contributed by atoms with Crippen molar-refractivity contribution < 1.29 is 14.3 Å². The lowest BCUT2D eigenvalue weighted by molar-refractivity contribution is -0.116. The number of hydrogen-bond donors (Lipinski definition) is 1. The molecule has 0 saturated carbocycles. The number of para-hydroxylation sites is 2. The number of methoxy groups -OCH3 is 1. The van der Waals surface area contributed by atoms with Crippen LogP contribution in [0.4, 0.5) is 5.69 Å². The van der Waals surface area contributed by atoms with Crippen LogP contribution in [0.2, 0.25) is 0 Å². The SMILES string of the molecule is CCOc1ccccc1-n1ccn(CC(=O)Nc2cc(C)ccc2OC)c(=O)c1=O. The maximum atomic E-state index is 12.7. The van der Waals surface area contributed by atoms with E-state index in [4.69, 9.17) is 9.47 Å². The standard InChI is InChI=1S/C22H23N3O5/c1-4-30-19-8-6-5-7-17(19)25-12-11-24(21(27)22(25)28)14-20(26)23-16-13-15(2)9-10-18(16)29-3/h5-13H,4,14H2,1-3H3,(H,23,26). The molecule has 0 spiro atoms.